The molecule has 19 heavy (non-hydrogen) atoms. The molecular weight excluding hydrogens is 256 g/mol. The zero-order chi connectivity index (χ0) is 13.2. The zero-order valence-electron chi connectivity index (χ0n) is 10.4. The number of rotatable bonds is 2. The van der Waals surface area contributed by atoms with Gasteiger partial charge in [-0.05, 0) is 43.3 Å². The van der Waals surface area contributed by atoms with Gasteiger partial charge in [0.2, 0.25) is 0 Å². The molecule has 0 spiro atoms. The summed E-state index contributed by atoms with van der Waals surface area (Å²) in [5.41, 5.74) is 2.73. The lowest BCUT2D eigenvalue weighted by Crippen LogP contribution is -1.97. The maximum atomic E-state index is 12.4. The predicted molar refractivity (Wildman–Crippen MR) is 75.4 cm³/mol. The molecule has 3 aromatic rings. The number of nitrogens with zero attached hydrogens (tertiary/aromatic N) is 2. The molecule has 0 saturated heterocycles. The van der Waals surface area contributed by atoms with Crippen molar-refractivity contribution in [2.24, 2.45) is 0 Å². The monoisotopic (exact) mass is 268 g/mol. The molecule has 0 amide bonds. The van der Waals surface area contributed by atoms with Crippen molar-refractivity contribution in [2.75, 3.05) is 0 Å². The SMILES string of the molecule is Cc1ccc(S(=O)c2ccc3ncccc3n2)cc1. The molecular formula is C15H12N2OS. The number of pyridine rings is 2. The summed E-state index contributed by atoms with van der Waals surface area (Å²) in [6.07, 6.45) is 1.72. The lowest BCUT2D eigenvalue weighted by molar-refractivity contribution is 0.680. The van der Waals surface area contributed by atoms with Crippen LogP contribution in [0.4, 0.5) is 0 Å². The molecule has 0 aliphatic rings. The van der Waals surface area contributed by atoms with E-state index in [4.69, 9.17) is 0 Å². The number of benzene rings is 1. The third-order valence-corrected chi connectivity index (χ3v) is 4.16. The summed E-state index contributed by atoms with van der Waals surface area (Å²) in [7, 11) is -1.25. The first kappa shape index (κ1) is 12.0. The Hall–Kier alpha value is -2.07. The minimum atomic E-state index is -1.25. The van der Waals surface area contributed by atoms with Crippen molar-refractivity contribution in [1.29, 1.82) is 0 Å². The molecule has 0 aliphatic carbocycles. The van der Waals surface area contributed by atoms with Crippen LogP contribution in [0.5, 0.6) is 0 Å². The third-order valence-electron chi connectivity index (χ3n) is 2.86. The van der Waals surface area contributed by atoms with E-state index in [0.717, 1.165) is 21.5 Å². The first-order valence-corrected chi connectivity index (χ1v) is 7.09. The molecule has 0 bridgehead atoms. The van der Waals surface area contributed by atoms with Crippen molar-refractivity contribution in [2.45, 2.75) is 16.8 Å². The lowest BCUT2D eigenvalue weighted by Gasteiger charge is -2.03. The Bertz CT molecular complexity index is 753. The molecule has 2 heterocycles. The summed E-state index contributed by atoms with van der Waals surface area (Å²) in [5, 5.41) is 0.560. The van der Waals surface area contributed by atoms with Crippen LogP contribution in [-0.2, 0) is 10.8 Å². The van der Waals surface area contributed by atoms with Crippen LogP contribution in [0.2, 0.25) is 0 Å². The zero-order valence-corrected chi connectivity index (χ0v) is 11.2. The molecule has 0 N–H and O–H groups in total. The highest BCUT2D eigenvalue weighted by atomic mass is 32.2. The number of aromatic nitrogens is 2. The fraction of sp³-hybridized carbons (Fsp3) is 0.0667. The van der Waals surface area contributed by atoms with Crippen molar-refractivity contribution in [1.82, 2.24) is 9.97 Å². The van der Waals surface area contributed by atoms with E-state index >= 15 is 0 Å². The van der Waals surface area contributed by atoms with E-state index in [1.165, 1.54) is 0 Å². The van der Waals surface area contributed by atoms with Crippen molar-refractivity contribution in [3.05, 3.63) is 60.3 Å². The Balaban J connectivity index is 2.04. The van der Waals surface area contributed by atoms with Gasteiger partial charge in [0.1, 0.15) is 15.8 Å². The predicted octanol–water partition coefficient (Wildman–Crippen LogP) is 3.10. The van der Waals surface area contributed by atoms with Crippen molar-refractivity contribution < 1.29 is 4.21 Å². The van der Waals surface area contributed by atoms with Crippen LogP contribution in [0, 0.1) is 6.92 Å². The largest absolute Gasteiger partial charge is 0.255 e. The van der Waals surface area contributed by atoms with Gasteiger partial charge < -0.3 is 0 Å². The van der Waals surface area contributed by atoms with Crippen LogP contribution < -0.4 is 0 Å². The first-order chi connectivity index (χ1) is 9.24. The van der Waals surface area contributed by atoms with E-state index in [1.54, 1.807) is 12.3 Å². The molecule has 3 rings (SSSR count). The molecule has 0 radical (unpaired) electrons. The second-order valence-corrected chi connectivity index (χ2v) is 5.70. The number of hydrogen-bond donors (Lipinski definition) is 0. The fourth-order valence-corrected chi connectivity index (χ4v) is 2.82. The second-order valence-electron chi connectivity index (χ2n) is 4.27. The Morgan fingerprint density at radius 3 is 2.53 bits per heavy atom. The van der Waals surface area contributed by atoms with E-state index in [1.807, 2.05) is 49.4 Å². The maximum Gasteiger partial charge on any atom is 0.133 e. The van der Waals surface area contributed by atoms with E-state index in [9.17, 15) is 4.21 Å². The summed E-state index contributed by atoms with van der Waals surface area (Å²) >= 11 is 0. The molecule has 0 aliphatic heterocycles. The Labute approximate surface area is 113 Å². The maximum absolute atomic E-state index is 12.4. The van der Waals surface area contributed by atoms with Gasteiger partial charge in [-0.25, -0.2) is 9.19 Å². The van der Waals surface area contributed by atoms with Crippen molar-refractivity contribution >= 4 is 21.8 Å². The quantitative estimate of drug-likeness (QED) is 0.717. The standard InChI is InChI=1S/C15H12N2OS/c1-11-4-6-12(7-5-11)19(18)15-9-8-13-14(17-15)3-2-10-16-13/h2-10H,1H3. The van der Waals surface area contributed by atoms with E-state index in [-0.39, 0.29) is 0 Å². The van der Waals surface area contributed by atoms with Gasteiger partial charge in [-0.1, -0.05) is 17.7 Å². The summed E-state index contributed by atoms with van der Waals surface area (Å²) in [6.45, 7) is 2.01. The number of aryl methyl sites for hydroxylation is 1. The molecule has 1 aromatic carbocycles. The second kappa shape index (κ2) is 4.90. The third kappa shape index (κ3) is 2.39. The van der Waals surface area contributed by atoms with Gasteiger partial charge >= 0.3 is 0 Å². The fourth-order valence-electron chi connectivity index (χ4n) is 1.82. The molecule has 94 valence electrons. The molecule has 4 heteroatoms. The minimum Gasteiger partial charge on any atom is -0.255 e. The van der Waals surface area contributed by atoms with Crippen molar-refractivity contribution in [3.8, 4) is 0 Å². The molecule has 0 saturated carbocycles. The average molecular weight is 268 g/mol. The van der Waals surface area contributed by atoms with Gasteiger partial charge in [-0.15, -0.1) is 0 Å². The highest BCUT2D eigenvalue weighted by Crippen LogP contribution is 2.17. The van der Waals surface area contributed by atoms with Gasteiger partial charge in [-0.3, -0.25) is 4.98 Å². The van der Waals surface area contributed by atoms with Gasteiger partial charge in [0.05, 0.1) is 11.0 Å². The molecule has 3 nitrogen and oxygen atoms in total. The van der Waals surface area contributed by atoms with Gasteiger partial charge in [0.25, 0.3) is 0 Å². The average Bonchev–Trinajstić information content (AvgIpc) is 2.47. The van der Waals surface area contributed by atoms with E-state index < -0.39 is 10.8 Å². The minimum absolute atomic E-state index is 0.560. The summed E-state index contributed by atoms with van der Waals surface area (Å²) in [4.78, 5) is 9.38. The highest BCUT2D eigenvalue weighted by molar-refractivity contribution is 7.85. The summed E-state index contributed by atoms with van der Waals surface area (Å²) < 4.78 is 12.4. The molecule has 1 atom stereocenters. The molecule has 0 fully saturated rings. The Kier molecular flexibility index (Phi) is 3.09. The molecule has 2 aromatic heterocycles. The van der Waals surface area contributed by atoms with Crippen LogP contribution in [0.15, 0.2) is 64.6 Å². The van der Waals surface area contributed by atoms with Crippen LogP contribution in [0.25, 0.3) is 11.0 Å². The van der Waals surface area contributed by atoms with E-state index in [0.29, 0.717) is 5.03 Å². The van der Waals surface area contributed by atoms with Gasteiger partial charge in [0, 0.05) is 11.1 Å². The first-order valence-electron chi connectivity index (χ1n) is 5.94. The molecule has 1 unspecified atom stereocenters. The topological polar surface area (TPSA) is 42.9 Å². The van der Waals surface area contributed by atoms with Crippen LogP contribution in [-0.4, -0.2) is 14.2 Å². The summed E-state index contributed by atoms with van der Waals surface area (Å²) in [6, 6.07) is 15.0. The Morgan fingerprint density at radius 1 is 0.947 bits per heavy atom. The summed E-state index contributed by atoms with van der Waals surface area (Å²) in [5.74, 6) is 0. The van der Waals surface area contributed by atoms with Gasteiger partial charge in [-0.2, -0.15) is 0 Å². The number of fused-ring (bicyclic) bond motifs is 1. The normalized spacial score (nSPS) is 12.5. The highest BCUT2D eigenvalue weighted by Gasteiger charge is 2.09. The smallest absolute Gasteiger partial charge is 0.133 e. The van der Waals surface area contributed by atoms with Crippen LogP contribution in [0.3, 0.4) is 0 Å². The number of hydrogen-bond acceptors (Lipinski definition) is 3. The van der Waals surface area contributed by atoms with Crippen LogP contribution in [0.1, 0.15) is 5.56 Å². The lowest BCUT2D eigenvalue weighted by atomic mass is 10.2. The van der Waals surface area contributed by atoms with E-state index in [2.05, 4.69) is 9.97 Å². The van der Waals surface area contributed by atoms with Crippen LogP contribution >= 0.6 is 0 Å². The Morgan fingerprint density at radius 2 is 1.74 bits per heavy atom. The van der Waals surface area contributed by atoms with Gasteiger partial charge in [0.15, 0.2) is 0 Å². The van der Waals surface area contributed by atoms with Crippen molar-refractivity contribution in [3.63, 3.8) is 0 Å².